The Labute approximate surface area is 181 Å². The normalized spacial score (nSPS) is 15.6. The highest BCUT2D eigenvalue weighted by Crippen LogP contribution is 2.36. The van der Waals surface area contributed by atoms with E-state index in [1.165, 1.54) is 25.7 Å². The Kier molecular flexibility index (Phi) is 6.98. The number of nitriles is 1. The molecule has 0 radical (unpaired) electrons. The van der Waals surface area contributed by atoms with Crippen LogP contribution in [0.1, 0.15) is 51.0 Å². The maximum absolute atomic E-state index is 9.31. The van der Waals surface area contributed by atoms with Crippen LogP contribution in [0, 0.1) is 17.2 Å². The Morgan fingerprint density at radius 1 is 1.27 bits per heavy atom. The molecule has 3 aromatic heterocycles. The zero-order chi connectivity index (χ0) is 20.8. The van der Waals surface area contributed by atoms with Gasteiger partial charge in [-0.1, -0.05) is 12.8 Å². The lowest BCUT2D eigenvalue weighted by molar-refractivity contribution is 0.0774. The number of hydrogen-bond acceptors (Lipinski definition) is 5. The van der Waals surface area contributed by atoms with Crippen LogP contribution in [0.3, 0.4) is 0 Å². The summed E-state index contributed by atoms with van der Waals surface area (Å²) in [5, 5.41) is 14.9. The SMILES string of the molecule is N#CCC(C1CCCC1)n1cc(-c2ncnc3c2ccn3COCCCCCl)cn1. The summed E-state index contributed by atoms with van der Waals surface area (Å²) in [5.41, 5.74) is 2.65. The molecule has 7 nitrogen and oxygen atoms in total. The molecular formula is C22H27ClN6O. The van der Waals surface area contributed by atoms with E-state index in [9.17, 15) is 5.26 Å². The molecular weight excluding hydrogens is 400 g/mol. The monoisotopic (exact) mass is 426 g/mol. The first kappa shape index (κ1) is 20.8. The van der Waals surface area contributed by atoms with Gasteiger partial charge in [-0.25, -0.2) is 9.97 Å². The number of halogens is 1. The van der Waals surface area contributed by atoms with Crippen molar-refractivity contribution in [2.75, 3.05) is 12.5 Å². The van der Waals surface area contributed by atoms with Crippen molar-refractivity contribution in [1.82, 2.24) is 24.3 Å². The first-order valence-electron chi connectivity index (χ1n) is 10.7. The van der Waals surface area contributed by atoms with Gasteiger partial charge < -0.3 is 9.30 Å². The van der Waals surface area contributed by atoms with Crippen molar-refractivity contribution in [3.8, 4) is 17.3 Å². The average molecular weight is 427 g/mol. The lowest BCUT2D eigenvalue weighted by Crippen LogP contribution is -2.17. The molecule has 0 N–H and O–H groups in total. The fraction of sp³-hybridized carbons (Fsp3) is 0.545. The summed E-state index contributed by atoms with van der Waals surface area (Å²) >= 11 is 5.71. The summed E-state index contributed by atoms with van der Waals surface area (Å²) in [6, 6.07) is 4.50. The van der Waals surface area contributed by atoms with Gasteiger partial charge in [-0.05, 0) is 37.7 Å². The largest absolute Gasteiger partial charge is 0.361 e. The Morgan fingerprint density at radius 3 is 2.93 bits per heavy atom. The van der Waals surface area contributed by atoms with Gasteiger partial charge in [-0.15, -0.1) is 11.6 Å². The molecule has 1 aliphatic rings. The molecule has 0 aliphatic heterocycles. The van der Waals surface area contributed by atoms with Crippen LogP contribution in [0.2, 0.25) is 0 Å². The molecule has 0 aromatic carbocycles. The predicted octanol–water partition coefficient (Wildman–Crippen LogP) is 4.93. The van der Waals surface area contributed by atoms with E-state index in [-0.39, 0.29) is 6.04 Å². The van der Waals surface area contributed by atoms with E-state index in [2.05, 4.69) is 21.1 Å². The first-order chi connectivity index (χ1) is 14.8. The van der Waals surface area contributed by atoms with Crippen LogP contribution in [-0.4, -0.2) is 36.8 Å². The highest BCUT2D eigenvalue weighted by atomic mass is 35.5. The number of fused-ring (bicyclic) bond motifs is 1. The summed E-state index contributed by atoms with van der Waals surface area (Å²) in [4.78, 5) is 8.99. The van der Waals surface area contributed by atoms with Crippen molar-refractivity contribution in [3.05, 3.63) is 31.0 Å². The van der Waals surface area contributed by atoms with Crippen LogP contribution < -0.4 is 0 Å². The van der Waals surface area contributed by atoms with E-state index in [1.807, 2.05) is 33.9 Å². The average Bonchev–Trinajstić information content (AvgIpc) is 3.52. The van der Waals surface area contributed by atoms with E-state index in [0.717, 1.165) is 35.1 Å². The van der Waals surface area contributed by atoms with Crippen LogP contribution >= 0.6 is 11.6 Å². The molecule has 30 heavy (non-hydrogen) atoms. The third-order valence-corrected chi connectivity index (χ3v) is 6.19. The number of rotatable bonds is 10. The molecule has 1 atom stereocenters. The molecule has 3 aromatic rings. The van der Waals surface area contributed by atoms with Crippen molar-refractivity contribution in [2.24, 2.45) is 5.92 Å². The van der Waals surface area contributed by atoms with Gasteiger partial charge in [0.15, 0.2) is 0 Å². The third kappa shape index (κ3) is 4.50. The van der Waals surface area contributed by atoms with Gasteiger partial charge in [0.05, 0.1) is 30.4 Å². The molecule has 158 valence electrons. The summed E-state index contributed by atoms with van der Waals surface area (Å²) < 4.78 is 9.71. The molecule has 1 unspecified atom stereocenters. The van der Waals surface area contributed by atoms with Gasteiger partial charge in [-0.3, -0.25) is 4.68 Å². The topological polar surface area (TPSA) is 81.5 Å². The molecule has 0 amide bonds. The van der Waals surface area contributed by atoms with Gasteiger partial charge in [0.2, 0.25) is 0 Å². The Balaban J connectivity index is 1.54. The number of ether oxygens (including phenoxy) is 1. The first-order valence-corrected chi connectivity index (χ1v) is 11.2. The Bertz CT molecular complexity index is 1000. The highest BCUT2D eigenvalue weighted by molar-refractivity contribution is 6.17. The second-order valence-electron chi connectivity index (χ2n) is 7.86. The minimum Gasteiger partial charge on any atom is -0.361 e. The van der Waals surface area contributed by atoms with Gasteiger partial charge in [0.25, 0.3) is 0 Å². The van der Waals surface area contributed by atoms with E-state index in [1.54, 1.807) is 6.33 Å². The zero-order valence-corrected chi connectivity index (χ0v) is 17.8. The third-order valence-electron chi connectivity index (χ3n) is 5.92. The molecule has 0 bridgehead atoms. The van der Waals surface area contributed by atoms with Crippen LogP contribution in [0.5, 0.6) is 0 Å². The van der Waals surface area contributed by atoms with Crippen molar-refractivity contribution in [2.45, 2.75) is 57.7 Å². The molecule has 1 aliphatic carbocycles. The van der Waals surface area contributed by atoms with E-state index in [4.69, 9.17) is 16.3 Å². The number of unbranched alkanes of at least 4 members (excludes halogenated alkanes) is 1. The lowest BCUT2D eigenvalue weighted by Gasteiger charge is -2.21. The standard InChI is InChI=1S/C22H27ClN6O/c23-9-3-4-12-30-16-28-11-8-19-21(25-15-26-22(19)28)18-13-27-29(14-18)20(7-10-24)17-5-1-2-6-17/h8,11,13-15,17,20H,1-7,9,12,16H2. The molecule has 1 saturated carbocycles. The smallest absolute Gasteiger partial charge is 0.145 e. The quantitative estimate of drug-likeness (QED) is 0.339. The zero-order valence-electron chi connectivity index (χ0n) is 17.1. The predicted molar refractivity (Wildman–Crippen MR) is 116 cm³/mol. The lowest BCUT2D eigenvalue weighted by atomic mass is 9.96. The summed E-state index contributed by atoms with van der Waals surface area (Å²) in [6.07, 6.45) is 14.7. The number of alkyl halides is 1. The van der Waals surface area contributed by atoms with Gasteiger partial charge >= 0.3 is 0 Å². The highest BCUT2D eigenvalue weighted by Gasteiger charge is 2.27. The maximum Gasteiger partial charge on any atom is 0.145 e. The molecule has 8 heteroatoms. The van der Waals surface area contributed by atoms with Crippen molar-refractivity contribution >= 4 is 22.6 Å². The van der Waals surface area contributed by atoms with Crippen molar-refractivity contribution in [1.29, 1.82) is 5.26 Å². The molecule has 0 saturated heterocycles. The van der Waals surface area contributed by atoms with E-state index >= 15 is 0 Å². The summed E-state index contributed by atoms with van der Waals surface area (Å²) in [5.74, 6) is 1.19. The van der Waals surface area contributed by atoms with Gasteiger partial charge in [0.1, 0.15) is 18.7 Å². The fourth-order valence-electron chi connectivity index (χ4n) is 4.35. The van der Waals surface area contributed by atoms with Gasteiger partial charge in [-0.2, -0.15) is 10.4 Å². The molecule has 1 fully saturated rings. The number of nitrogens with zero attached hydrogens (tertiary/aromatic N) is 6. The van der Waals surface area contributed by atoms with Gasteiger partial charge in [0, 0.05) is 35.8 Å². The van der Waals surface area contributed by atoms with Crippen molar-refractivity contribution in [3.63, 3.8) is 0 Å². The minimum atomic E-state index is 0.134. The van der Waals surface area contributed by atoms with Crippen LogP contribution in [0.15, 0.2) is 31.0 Å². The summed E-state index contributed by atoms with van der Waals surface area (Å²) in [7, 11) is 0. The second-order valence-corrected chi connectivity index (χ2v) is 8.24. The van der Waals surface area contributed by atoms with E-state index in [0.29, 0.717) is 31.6 Å². The fourth-order valence-corrected chi connectivity index (χ4v) is 4.54. The molecule has 3 heterocycles. The van der Waals surface area contributed by atoms with Crippen molar-refractivity contribution < 1.29 is 4.74 Å². The molecule has 4 rings (SSSR count). The maximum atomic E-state index is 9.31. The minimum absolute atomic E-state index is 0.134. The Morgan fingerprint density at radius 2 is 2.13 bits per heavy atom. The number of aromatic nitrogens is 5. The van der Waals surface area contributed by atoms with Crippen LogP contribution in [0.25, 0.3) is 22.3 Å². The summed E-state index contributed by atoms with van der Waals surface area (Å²) in [6.45, 7) is 1.13. The molecule has 0 spiro atoms. The Hall–Kier alpha value is -2.43. The van der Waals surface area contributed by atoms with Crippen LogP contribution in [-0.2, 0) is 11.5 Å². The second kappa shape index (κ2) is 10.1. The van der Waals surface area contributed by atoms with Crippen LogP contribution in [0.4, 0.5) is 0 Å². The number of hydrogen-bond donors (Lipinski definition) is 0. The van der Waals surface area contributed by atoms with E-state index < -0.39 is 0 Å².